The van der Waals surface area contributed by atoms with Crippen LogP contribution < -0.4 is 0 Å². The van der Waals surface area contributed by atoms with Gasteiger partial charge in [0.1, 0.15) is 0 Å². The van der Waals surface area contributed by atoms with Gasteiger partial charge in [0.05, 0.1) is 11.4 Å². The van der Waals surface area contributed by atoms with Gasteiger partial charge in [0, 0.05) is 11.3 Å². The SMILES string of the molecule is Cc1cc(C)c(C(=Nc2c(C)cccc2C)n2nc(C)cc2C)c(C)c1. The van der Waals surface area contributed by atoms with Crippen LogP contribution in [-0.2, 0) is 0 Å². The van der Waals surface area contributed by atoms with Crippen molar-refractivity contribution in [2.75, 3.05) is 0 Å². The number of nitrogens with zero attached hydrogens (tertiary/aromatic N) is 3. The van der Waals surface area contributed by atoms with Gasteiger partial charge in [0.15, 0.2) is 5.84 Å². The standard InChI is InChI=1S/C23H27N3/c1-14-11-17(4)21(18(5)12-14)23(26-20(7)13-19(6)25-26)24-22-15(2)9-8-10-16(22)3/h8-13H,1-7H3. The fourth-order valence-corrected chi connectivity index (χ4v) is 3.67. The molecule has 3 aromatic rings. The zero-order chi connectivity index (χ0) is 19.0. The molecule has 0 saturated carbocycles. The highest BCUT2D eigenvalue weighted by molar-refractivity contribution is 6.04. The Kier molecular flexibility index (Phi) is 4.82. The Morgan fingerprint density at radius 3 is 1.88 bits per heavy atom. The predicted molar refractivity (Wildman–Crippen MR) is 110 cm³/mol. The monoisotopic (exact) mass is 345 g/mol. The van der Waals surface area contributed by atoms with Crippen LogP contribution in [0, 0.1) is 48.5 Å². The van der Waals surface area contributed by atoms with Crippen molar-refractivity contribution in [2.45, 2.75) is 48.5 Å². The molecule has 0 fully saturated rings. The fraction of sp³-hybridized carbons (Fsp3) is 0.304. The van der Waals surface area contributed by atoms with E-state index in [9.17, 15) is 0 Å². The first-order valence-corrected chi connectivity index (χ1v) is 9.04. The van der Waals surface area contributed by atoms with Gasteiger partial charge in [-0.25, -0.2) is 9.67 Å². The molecule has 0 aliphatic rings. The first-order valence-electron chi connectivity index (χ1n) is 9.04. The Bertz CT molecular complexity index is 963. The molecule has 0 aliphatic heterocycles. The summed E-state index contributed by atoms with van der Waals surface area (Å²) in [6.07, 6.45) is 0. The van der Waals surface area contributed by atoms with E-state index in [1.807, 2.05) is 11.6 Å². The van der Waals surface area contributed by atoms with Gasteiger partial charge in [0.2, 0.25) is 0 Å². The molecule has 134 valence electrons. The minimum atomic E-state index is 0.892. The summed E-state index contributed by atoms with van der Waals surface area (Å²) in [6, 6.07) is 12.8. The third-order valence-corrected chi connectivity index (χ3v) is 4.77. The highest BCUT2D eigenvalue weighted by Gasteiger charge is 2.17. The molecular weight excluding hydrogens is 318 g/mol. The van der Waals surface area contributed by atoms with E-state index in [0.717, 1.165) is 28.5 Å². The van der Waals surface area contributed by atoms with Crippen molar-refractivity contribution in [3.05, 3.63) is 81.2 Å². The van der Waals surface area contributed by atoms with Crippen LogP contribution in [0.2, 0.25) is 0 Å². The smallest absolute Gasteiger partial charge is 0.162 e. The second-order valence-electron chi connectivity index (χ2n) is 7.29. The topological polar surface area (TPSA) is 30.2 Å². The highest BCUT2D eigenvalue weighted by Crippen LogP contribution is 2.27. The first-order chi connectivity index (χ1) is 12.3. The molecule has 0 N–H and O–H groups in total. The highest BCUT2D eigenvalue weighted by atomic mass is 15.3. The molecule has 26 heavy (non-hydrogen) atoms. The van der Waals surface area contributed by atoms with E-state index < -0.39 is 0 Å². The van der Waals surface area contributed by atoms with E-state index in [4.69, 9.17) is 10.1 Å². The van der Waals surface area contributed by atoms with Crippen molar-refractivity contribution in [3.8, 4) is 0 Å². The molecule has 0 aliphatic carbocycles. The lowest BCUT2D eigenvalue weighted by molar-refractivity contribution is 0.878. The van der Waals surface area contributed by atoms with E-state index in [1.54, 1.807) is 0 Å². The Morgan fingerprint density at radius 2 is 1.38 bits per heavy atom. The van der Waals surface area contributed by atoms with Crippen LogP contribution in [0.4, 0.5) is 5.69 Å². The van der Waals surface area contributed by atoms with Gasteiger partial charge in [-0.15, -0.1) is 0 Å². The zero-order valence-electron chi connectivity index (χ0n) is 16.8. The van der Waals surface area contributed by atoms with E-state index in [2.05, 4.69) is 77.9 Å². The molecule has 3 nitrogen and oxygen atoms in total. The molecule has 0 bridgehead atoms. The van der Waals surface area contributed by atoms with Gasteiger partial charge in [-0.3, -0.25) is 0 Å². The zero-order valence-corrected chi connectivity index (χ0v) is 16.8. The number of hydrogen-bond donors (Lipinski definition) is 0. The van der Waals surface area contributed by atoms with Crippen LogP contribution in [0.15, 0.2) is 41.4 Å². The first kappa shape index (κ1) is 18.1. The Labute approximate surface area is 156 Å². The minimum Gasteiger partial charge on any atom is -0.228 e. The van der Waals surface area contributed by atoms with Crippen LogP contribution in [-0.4, -0.2) is 15.6 Å². The van der Waals surface area contributed by atoms with Crippen LogP contribution in [0.25, 0.3) is 0 Å². The summed E-state index contributed by atoms with van der Waals surface area (Å²) in [4.78, 5) is 5.14. The normalized spacial score (nSPS) is 11.9. The molecule has 0 radical (unpaired) electrons. The number of benzene rings is 2. The number of aryl methyl sites for hydroxylation is 7. The average molecular weight is 345 g/mol. The quantitative estimate of drug-likeness (QED) is 0.435. The fourth-order valence-electron chi connectivity index (χ4n) is 3.67. The maximum Gasteiger partial charge on any atom is 0.162 e. The minimum absolute atomic E-state index is 0.892. The van der Waals surface area contributed by atoms with Gasteiger partial charge >= 0.3 is 0 Å². The molecule has 1 heterocycles. The Balaban J connectivity index is 2.35. The maximum absolute atomic E-state index is 5.14. The average Bonchev–Trinajstić information content (AvgIpc) is 2.86. The second kappa shape index (κ2) is 6.91. The van der Waals surface area contributed by atoms with Gasteiger partial charge < -0.3 is 0 Å². The molecule has 0 saturated heterocycles. The van der Waals surface area contributed by atoms with E-state index in [-0.39, 0.29) is 0 Å². The number of aromatic nitrogens is 2. The summed E-state index contributed by atoms with van der Waals surface area (Å²) >= 11 is 0. The van der Waals surface area contributed by atoms with Gasteiger partial charge in [-0.2, -0.15) is 5.10 Å². The van der Waals surface area contributed by atoms with Crippen molar-refractivity contribution >= 4 is 11.5 Å². The summed E-state index contributed by atoms with van der Waals surface area (Å²) in [5, 5.41) is 4.73. The lowest BCUT2D eigenvalue weighted by Gasteiger charge is -2.17. The van der Waals surface area contributed by atoms with E-state index in [0.29, 0.717) is 0 Å². The summed E-state index contributed by atoms with van der Waals surface area (Å²) < 4.78 is 1.98. The number of aliphatic imine (C=N–C) groups is 1. The van der Waals surface area contributed by atoms with Crippen LogP contribution in [0.5, 0.6) is 0 Å². The summed E-state index contributed by atoms with van der Waals surface area (Å²) in [7, 11) is 0. The van der Waals surface area contributed by atoms with Gasteiger partial charge in [-0.05, 0) is 76.8 Å². The molecule has 3 rings (SSSR count). The molecule has 0 unspecified atom stereocenters. The number of rotatable bonds is 2. The Hall–Kier alpha value is -2.68. The van der Waals surface area contributed by atoms with Gasteiger partial charge in [-0.1, -0.05) is 35.9 Å². The number of para-hydroxylation sites is 1. The van der Waals surface area contributed by atoms with Gasteiger partial charge in [0.25, 0.3) is 0 Å². The molecule has 0 spiro atoms. The molecule has 1 aromatic heterocycles. The summed E-state index contributed by atoms with van der Waals surface area (Å²) in [6.45, 7) is 14.8. The van der Waals surface area contributed by atoms with Crippen molar-refractivity contribution < 1.29 is 0 Å². The molecule has 0 atom stereocenters. The third-order valence-electron chi connectivity index (χ3n) is 4.77. The largest absolute Gasteiger partial charge is 0.228 e. The molecule has 2 aromatic carbocycles. The van der Waals surface area contributed by atoms with E-state index in [1.165, 1.54) is 27.8 Å². The third kappa shape index (κ3) is 3.34. The Morgan fingerprint density at radius 1 is 0.808 bits per heavy atom. The predicted octanol–water partition coefficient (Wildman–Crippen LogP) is 5.67. The lowest BCUT2D eigenvalue weighted by atomic mass is 9.98. The molecule has 3 heteroatoms. The maximum atomic E-state index is 5.14. The van der Waals surface area contributed by atoms with Crippen molar-refractivity contribution in [2.24, 2.45) is 4.99 Å². The van der Waals surface area contributed by atoms with Crippen molar-refractivity contribution in [1.29, 1.82) is 0 Å². The number of hydrogen-bond acceptors (Lipinski definition) is 2. The molecule has 0 amide bonds. The van der Waals surface area contributed by atoms with Crippen LogP contribution >= 0.6 is 0 Å². The lowest BCUT2D eigenvalue weighted by Crippen LogP contribution is -2.19. The van der Waals surface area contributed by atoms with E-state index >= 15 is 0 Å². The van der Waals surface area contributed by atoms with Crippen LogP contribution in [0.3, 0.4) is 0 Å². The summed E-state index contributed by atoms with van der Waals surface area (Å²) in [5.41, 5.74) is 10.3. The van der Waals surface area contributed by atoms with Crippen molar-refractivity contribution in [3.63, 3.8) is 0 Å². The van der Waals surface area contributed by atoms with Crippen LogP contribution in [0.1, 0.15) is 44.8 Å². The van der Waals surface area contributed by atoms with Crippen molar-refractivity contribution in [1.82, 2.24) is 9.78 Å². The molecular formula is C23H27N3. The summed E-state index contributed by atoms with van der Waals surface area (Å²) in [5.74, 6) is 0.892. The second-order valence-corrected chi connectivity index (χ2v) is 7.29.